The summed E-state index contributed by atoms with van der Waals surface area (Å²) in [6, 6.07) is 14.2. The largest absolute Gasteiger partial charge is 0.496 e. The van der Waals surface area contributed by atoms with Crippen LogP contribution in [-0.4, -0.2) is 26.0 Å². The molecule has 0 saturated carbocycles. The van der Waals surface area contributed by atoms with Crippen LogP contribution in [0.15, 0.2) is 48.5 Å². The lowest BCUT2D eigenvalue weighted by Gasteiger charge is -2.09. The number of benzene rings is 2. The maximum Gasteiger partial charge on any atom is 0.251 e. The van der Waals surface area contributed by atoms with Crippen LogP contribution >= 0.6 is 0 Å². The van der Waals surface area contributed by atoms with Gasteiger partial charge in [-0.3, -0.25) is 9.59 Å². The first-order chi connectivity index (χ1) is 10.6. The number of hydrogen-bond donors (Lipinski definition) is 2. The highest BCUT2D eigenvalue weighted by Gasteiger charge is 2.10. The molecule has 2 aromatic rings. The summed E-state index contributed by atoms with van der Waals surface area (Å²) >= 11 is 0. The van der Waals surface area contributed by atoms with Gasteiger partial charge >= 0.3 is 0 Å². The van der Waals surface area contributed by atoms with Gasteiger partial charge in [-0.2, -0.15) is 0 Å². The molecule has 0 saturated heterocycles. The molecule has 0 unspecified atom stereocenters. The second kappa shape index (κ2) is 7.26. The van der Waals surface area contributed by atoms with Crippen LogP contribution in [0.2, 0.25) is 0 Å². The van der Waals surface area contributed by atoms with E-state index in [1.807, 2.05) is 24.3 Å². The van der Waals surface area contributed by atoms with Crippen LogP contribution in [0.1, 0.15) is 15.9 Å². The number of anilines is 1. The van der Waals surface area contributed by atoms with Crippen LogP contribution in [0.4, 0.5) is 5.69 Å². The average Bonchev–Trinajstić information content (AvgIpc) is 2.54. The first-order valence-corrected chi connectivity index (χ1v) is 6.88. The Morgan fingerprint density at radius 3 is 2.59 bits per heavy atom. The van der Waals surface area contributed by atoms with E-state index in [2.05, 4.69) is 10.6 Å². The molecule has 22 heavy (non-hydrogen) atoms. The third-order valence-corrected chi connectivity index (χ3v) is 3.18. The number of ether oxygens (including phenoxy) is 1. The van der Waals surface area contributed by atoms with E-state index in [1.165, 1.54) is 0 Å². The molecule has 5 heteroatoms. The number of methoxy groups -OCH3 is 1. The lowest BCUT2D eigenvalue weighted by molar-refractivity contribution is -0.115. The molecule has 0 bridgehead atoms. The quantitative estimate of drug-likeness (QED) is 0.889. The third kappa shape index (κ3) is 3.85. The van der Waals surface area contributed by atoms with E-state index in [4.69, 9.17) is 4.74 Å². The van der Waals surface area contributed by atoms with Gasteiger partial charge in [-0.15, -0.1) is 0 Å². The zero-order valence-corrected chi connectivity index (χ0v) is 12.6. The van der Waals surface area contributed by atoms with Crippen molar-refractivity contribution in [2.24, 2.45) is 0 Å². The monoisotopic (exact) mass is 298 g/mol. The molecule has 0 fully saturated rings. The minimum absolute atomic E-state index is 0.168. The topological polar surface area (TPSA) is 67.4 Å². The maximum atomic E-state index is 12.1. The first kappa shape index (κ1) is 15.6. The zero-order valence-electron chi connectivity index (χ0n) is 12.6. The molecule has 0 radical (unpaired) electrons. The molecule has 2 rings (SSSR count). The molecule has 2 aromatic carbocycles. The summed E-state index contributed by atoms with van der Waals surface area (Å²) in [6.07, 6.45) is 0.203. The molecule has 0 aromatic heterocycles. The Kier molecular flexibility index (Phi) is 5.14. The summed E-state index contributed by atoms with van der Waals surface area (Å²) in [5.74, 6) is 0.316. The summed E-state index contributed by atoms with van der Waals surface area (Å²) in [7, 11) is 3.14. The normalized spacial score (nSPS) is 9.91. The zero-order chi connectivity index (χ0) is 15.9. The van der Waals surface area contributed by atoms with Crippen molar-refractivity contribution in [1.29, 1.82) is 0 Å². The van der Waals surface area contributed by atoms with Crippen LogP contribution in [0.5, 0.6) is 5.75 Å². The Morgan fingerprint density at radius 1 is 1.09 bits per heavy atom. The van der Waals surface area contributed by atoms with E-state index >= 15 is 0 Å². The van der Waals surface area contributed by atoms with E-state index in [0.29, 0.717) is 17.0 Å². The molecule has 0 aliphatic carbocycles. The smallest absolute Gasteiger partial charge is 0.251 e. The number of rotatable bonds is 5. The summed E-state index contributed by atoms with van der Waals surface area (Å²) in [4.78, 5) is 23.7. The fourth-order valence-electron chi connectivity index (χ4n) is 2.11. The number of hydrogen-bond acceptors (Lipinski definition) is 3. The Hall–Kier alpha value is -2.82. The predicted molar refractivity (Wildman–Crippen MR) is 85.2 cm³/mol. The molecule has 0 spiro atoms. The fraction of sp³-hybridized carbons (Fsp3) is 0.176. The van der Waals surface area contributed by atoms with E-state index in [0.717, 1.165) is 5.56 Å². The standard InChI is InChI=1S/C17H18N2O3/c1-18-17(21)13-7-5-8-14(10-13)19-16(20)11-12-6-3-4-9-15(12)22-2/h3-10H,11H2,1-2H3,(H,18,21)(H,19,20). The van der Waals surface area contributed by atoms with Crippen molar-refractivity contribution in [1.82, 2.24) is 5.32 Å². The van der Waals surface area contributed by atoms with Gasteiger partial charge in [0.25, 0.3) is 5.91 Å². The highest BCUT2D eigenvalue weighted by atomic mass is 16.5. The Balaban J connectivity index is 2.07. The number of amides is 2. The van der Waals surface area contributed by atoms with Gasteiger partial charge in [0.2, 0.25) is 5.91 Å². The Morgan fingerprint density at radius 2 is 1.86 bits per heavy atom. The Labute approximate surface area is 129 Å². The average molecular weight is 298 g/mol. The summed E-state index contributed by atoms with van der Waals surface area (Å²) in [5, 5.41) is 5.34. The summed E-state index contributed by atoms with van der Waals surface area (Å²) in [6.45, 7) is 0. The second-order valence-corrected chi connectivity index (χ2v) is 4.70. The van der Waals surface area contributed by atoms with Crippen molar-refractivity contribution >= 4 is 17.5 Å². The highest BCUT2D eigenvalue weighted by molar-refractivity contribution is 5.97. The van der Waals surface area contributed by atoms with E-state index in [-0.39, 0.29) is 18.2 Å². The second-order valence-electron chi connectivity index (χ2n) is 4.70. The lowest BCUT2D eigenvalue weighted by atomic mass is 10.1. The molecule has 0 atom stereocenters. The molecular formula is C17H18N2O3. The van der Waals surface area contributed by atoms with E-state index in [1.54, 1.807) is 38.4 Å². The molecule has 114 valence electrons. The van der Waals surface area contributed by atoms with Gasteiger partial charge in [0.1, 0.15) is 5.75 Å². The minimum Gasteiger partial charge on any atom is -0.496 e. The van der Waals surface area contributed by atoms with Crippen LogP contribution in [-0.2, 0) is 11.2 Å². The molecule has 2 N–H and O–H groups in total. The van der Waals surface area contributed by atoms with Crippen LogP contribution in [0.3, 0.4) is 0 Å². The molecule has 0 aliphatic rings. The molecule has 5 nitrogen and oxygen atoms in total. The highest BCUT2D eigenvalue weighted by Crippen LogP contribution is 2.18. The third-order valence-electron chi connectivity index (χ3n) is 3.18. The number of carbonyl (C=O) groups excluding carboxylic acids is 2. The van der Waals surface area contributed by atoms with Gasteiger partial charge in [-0.1, -0.05) is 24.3 Å². The van der Waals surface area contributed by atoms with Gasteiger partial charge < -0.3 is 15.4 Å². The number of carbonyl (C=O) groups is 2. The van der Waals surface area contributed by atoms with Crippen molar-refractivity contribution in [2.75, 3.05) is 19.5 Å². The van der Waals surface area contributed by atoms with Gasteiger partial charge in [0.15, 0.2) is 0 Å². The van der Waals surface area contributed by atoms with Crippen molar-refractivity contribution in [3.8, 4) is 5.75 Å². The summed E-state index contributed by atoms with van der Waals surface area (Å²) in [5.41, 5.74) is 1.89. The van der Waals surface area contributed by atoms with Crippen LogP contribution in [0.25, 0.3) is 0 Å². The van der Waals surface area contributed by atoms with Crippen molar-refractivity contribution < 1.29 is 14.3 Å². The van der Waals surface area contributed by atoms with E-state index in [9.17, 15) is 9.59 Å². The van der Waals surface area contributed by atoms with Gasteiger partial charge in [0.05, 0.1) is 13.5 Å². The van der Waals surface area contributed by atoms with Gasteiger partial charge in [-0.25, -0.2) is 0 Å². The van der Waals surface area contributed by atoms with Gasteiger partial charge in [0, 0.05) is 23.9 Å². The van der Waals surface area contributed by atoms with E-state index < -0.39 is 0 Å². The van der Waals surface area contributed by atoms with Crippen LogP contribution in [0, 0.1) is 0 Å². The molecule has 0 heterocycles. The van der Waals surface area contributed by atoms with Crippen LogP contribution < -0.4 is 15.4 Å². The SMILES string of the molecule is CNC(=O)c1cccc(NC(=O)Cc2ccccc2OC)c1. The van der Waals surface area contributed by atoms with Crippen molar-refractivity contribution in [3.05, 3.63) is 59.7 Å². The van der Waals surface area contributed by atoms with Crippen molar-refractivity contribution in [3.63, 3.8) is 0 Å². The summed E-state index contributed by atoms with van der Waals surface area (Å²) < 4.78 is 5.23. The fourth-order valence-corrected chi connectivity index (χ4v) is 2.11. The Bertz CT molecular complexity index is 683. The van der Waals surface area contributed by atoms with Crippen molar-refractivity contribution in [2.45, 2.75) is 6.42 Å². The number of para-hydroxylation sites is 1. The molecule has 2 amide bonds. The predicted octanol–water partition coefficient (Wildman–Crippen LogP) is 2.24. The first-order valence-electron chi connectivity index (χ1n) is 6.88. The minimum atomic E-state index is -0.194. The molecule has 0 aliphatic heterocycles. The maximum absolute atomic E-state index is 12.1. The molecular weight excluding hydrogens is 280 g/mol. The van der Waals surface area contributed by atoms with Gasteiger partial charge in [-0.05, 0) is 24.3 Å². The lowest BCUT2D eigenvalue weighted by Crippen LogP contribution is -2.19. The number of nitrogens with one attached hydrogen (secondary N) is 2.